The van der Waals surface area contributed by atoms with Gasteiger partial charge in [-0.15, -0.1) is 4.40 Å². The van der Waals surface area contributed by atoms with E-state index in [1.54, 1.807) is 6.07 Å². The van der Waals surface area contributed by atoms with Crippen LogP contribution in [0.25, 0.3) is 0 Å². The molecule has 10 heteroatoms. The van der Waals surface area contributed by atoms with E-state index in [-0.39, 0.29) is 17.2 Å². The highest BCUT2D eigenvalue weighted by Crippen LogP contribution is 2.42. The fourth-order valence-corrected chi connectivity index (χ4v) is 5.85. The number of hydrogen-bond donors (Lipinski definition) is 1. The number of sulfonamides is 1. The lowest BCUT2D eigenvalue weighted by molar-refractivity contribution is -0.00923. The molecule has 1 aromatic carbocycles. The minimum Gasteiger partial charge on any atom is -0.379 e. The zero-order valence-corrected chi connectivity index (χ0v) is 17.6. The van der Waals surface area contributed by atoms with E-state index in [0.717, 1.165) is 36.9 Å². The molecule has 8 nitrogen and oxygen atoms in total. The molecule has 0 aromatic heterocycles. The monoisotopic (exact) mass is 424 g/mol. The van der Waals surface area contributed by atoms with Crippen molar-refractivity contribution in [2.45, 2.75) is 24.3 Å². The summed E-state index contributed by atoms with van der Waals surface area (Å²) in [6, 6.07) is 5.46. The number of fused-ring (bicyclic) bond motifs is 3. The van der Waals surface area contributed by atoms with Crippen LogP contribution in [0.2, 0.25) is 0 Å². The number of thioether (sulfide) groups is 1. The molecular formula is C18H24N4O4S2. The maximum absolute atomic E-state index is 12.7. The number of morpholine rings is 1. The van der Waals surface area contributed by atoms with Crippen molar-refractivity contribution < 1.29 is 17.9 Å². The Bertz CT molecular complexity index is 924. The van der Waals surface area contributed by atoms with Gasteiger partial charge in [0.15, 0.2) is 5.17 Å². The van der Waals surface area contributed by atoms with Gasteiger partial charge in [0, 0.05) is 42.2 Å². The summed E-state index contributed by atoms with van der Waals surface area (Å²) < 4.78 is 32.7. The molecule has 1 saturated heterocycles. The second-order valence-electron chi connectivity index (χ2n) is 7.69. The summed E-state index contributed by atoms with van der Waals surface area (Å²) >= 11 is 1.29. The van der Waals surface area contributed by atoms with Crippen LogP contribution in [0.1, 0.15) is 24.2 Å². The molecule has 0 atom stereocenters. The van der Waals surface area contributed by atoms with Gasteiger partial charge in [0.2, 0.25) is 0 Å². The number of carbonyl (C=O) groups excluding carboxylic acids is 1. The van der Waals surface area contributed by atoms with E-state index in [4.69, 9.17) is 4.74 Å². The molecule has 152 valence electrons. The number of carbonyl (C=O) groups is 1. The van der Waals surface area contributed by atoms with Crippen molar-refractivity contribution in [2.75, 3.05) is 50.0 Å². The minimum atomic E-state index is -3.38. The number of nitrogens with one attached hydrogen (secondary N) is 1. The molecule has 3 aliphatic heterocycles. The summed E-state index contributed by atoms with van der Waals surface area (Å²) in [6.45, 7) is 8.32. The van der Waals surface area contributed by atoms with Gasteiger partial charge >= 0.3 is 0 Å². The average molecular weight is 425 g/mol. The van der Waals surface area contributed by atoms with Gasteiger partial charge in [-0.25, -0.2) is 8.42 Å². The first-order valence-electron chi connectivity index (χ1n) is 9.28. The molecule has 28 heavy (non-hydrogen) atoms. The van der Waals surface area contributed by atoms with Gasteiger partial charge in [0.25, 0.3) is 15.9 Å². The predicted molar refractivity (Wildman–Crippen MR) is 110 cm³/mol. The molecule has 1 N–H and O–H groups in total. The van der Waals surface area contributed by atoms with Crippen LogP contribution in [0.5, 0.6) is 0 Å². The van der Waals surface area contributed by atoms with Gasteiger partial charge < -0.3 is 15.0 Å². The summed E-state index contributed by atoms with van der Waals surface area (Å²) in [5.41, 5.74) is 1.31. The van der Waals surface area contributed by atoms with E-state index in [2.05, 4.69) is 28.5 Å². The van der Waals surface area contributed by atoms with Gasteiger partial charge in [0.05, 0.1) is 24.7 Å². The molecule has 3 heterocycles. The lowest BCUT2D eigenvalue weighted by Crippen LogP contribution is -2.55. The molecule has 0 spiro atoms. The second-order valence-corrected chi connectivity index (χ2v) is 10.5. The molecule has 1 aromatic rings. The van der Waals surface area contributed by atoms with E-state index in [9.17, 15) is 13.2 Å². The van der Waals surface area contributed by atoms with Crippen LogP contribution < -0.4 is 10.2 Å². The first kappa shape index (κ1) is 19.7. The highest BCUT2D eigenvalue weighted by Gasteiger charge is 2.34. The van der Waals surface area contributed by atoms with Gasteiger partial charge in [0.1, 0.15) is 0 Å². The number of hydrogen-bond acceptors (Lipinski definition) is 7. The van der Waals surface area contributed by atoms with Crippen molar-refractivity contribution in [2.24, 2.45) is 4.40 Å². The molecular weight excluding hydrogens is 400 g/mol. The van der Waals surface area contributed by atoms with Gasteiger partial charge in [-0.2, -0.15) is 0 Å². The van der Waals surface area contributed by atoms with Crippen LogP contribution in [0.15, 0.2) is 27.5 Å². The highest BCUT2D eigenvalue weighted by atomic mass is 32.2. The van der Waals surface area contributed by atoms with Crippen molar-refractivity contribution in [1.29, 1.82) is 0 Å². The quantitative estimate of drug-likeness (QED) is 0.775. The third kappa shape index (κ3) is 3.91. The van der Waals surface area contributed by atoms with Gasteiger partial charge in [-0.3, -0.25) is 9.69 Å². The molecule has 0 unspecified atom stereocenters. The van der Waals surface area contributed by atoms with Crippen LogP contribution in [0, 0.1) is 0 Å². The lowest BCUT2D eigenvalue weighted by atomic mass is 10.0. The summed E-state index contributed by atoms with van der Waals surface area (Å²) in [7, 11) is -3.38. The van der Waals surface area contributed by atoms with Crippen molar-refractivity contribution >= 4 is 38.5 Å². The molecule has 4 rings (SSSR count). The minimum absolute atomic E-state index is 0.00929. The first-order valence-corrected chi connectivity index (χ1v) is 11.7. The maximum atomic E-state index is 12.7. The first-order chi connectivity index (χ1) is 13.3. The molecule has 1 amide bonds. The molecule has 1 fully saturated rings. The SMILES string of the molecule is CC(C)(CNC(=O)c1ccc2c(c1)SC1=NS(=O)(=O)CCN12)N1CCOCC1. The molecule has 0 aliphatic carbocycles. The Morgan fingerprint density at radius 3 is 2.79 bits per heavy atom. The van der Waals surface area contributed by atoms with Crippen molar-refractivity contribution in [3.8, 4) is 0 Å². The van der Waals surface area contributed by atoms with E-state index in [1.807, 2.05) is 17.0 Å². The number of anilines is 1. The normalized spacial score (nSPS) is 21.6. The zero-order valence-electron chi connectivity index (χ0n) is 16.0. The molecule has 0 radical (unpaired) electrons. The van der Waals surface area contributed by atoms with Crippen LogP contribution in [-0.2, 0) is 14.8 Å². The molecule has 0 saturated carbocycles. The Kier molecular flexibility index (Phi) is 5.15. The Labute approximate surface area is 169 Å². The van der Waals surface area contributed by atoms with Crippen LogP contribution in [0.3, 0.4) is 0 Å². The number of amidine groups is 1. The van der Waals surface area contributed by atoms with Gasteiger partial charge in [-0.1, -0.05) is 0 Å². The Morgan fingerprint density at radius 1 is 1.29 bits per heavy atom. The average Bonchev–Trinajstić information content (AvgIpc) is 3.02. The van der Waals surface area contributed by atoms with E-state index in [1.165, 1.54) is 11.8 Å². The third-order valence-corrected chi connectivity index (χ3v) is 7.59. The lowest BCUT2D eigenvalue weighted by Gasteiger charge is -2.40. The zero-order chi connectivity index (χ0) is 19.9. The molecule has 3 aliphatic rings. The van der Waals surface area contributed by atoms with Gasteiger partial charge in [-0.05, 0) is 43.8 Å². The van der Waals surface area contributed by atoms with Crippen LogP contribution in [0.4, 0.5) is 5.69 Å². The predicted octanol–water partition coefficient (Wildman–Crippen LogP) is 1.14. The van der Waals surface area contributed by atoms with E-state index in [0.29, 0.717) is 23.8 Å². The van der Waals surface area contributed by atoms with Crippen LogP contribution >= 0.6 is 11.8 Å². The standard InChI is InChI=1S/C18H24N4O4S2/c1-18(2,21-5-8-26-9-6-21)12-19-16(23)13-3-4-14-15(11-13)27-17-20-28(24,25)10-7-22(14)17/h3-4,11H,5-10,12H2,1-2H3,(H,19,23). The maximum Gasteiger partial charge on any atom is 0.257 e. The largest absolute Gasteiger partial charge is 0.379 e. The number of rotatable bonds is 4. The van der Waals surface area contributed by atoms with Crippen LogP contribution in [-0.4, -0.2) is 75.1 Å². The smallest absolute Gasteiger partial charge is 0.257 e. The highest BCUT2D eigenvalue weighted by molar-refractivity contribution is 8.15. The molecule has 0 bridgehead atoms. The fourth-order valence-electron chi connectivity index (χ4n) is 3.55. The number of amides is 1. The van der Waals surface area contributed by atoms with Crippen molar-refractivity contribution in [1.82, 2.24) is 10.2 Å². The number of ether oxygens (including phenoxy) is 1. The van der Waals surface area contributed by atoms with E-state index >= 15 is 0 Å². The Hall–Kier alpha value is -1.62. The summed E-state index contributed by atoms with van der Waals surface area (Å²) in [4.78, 5) is 17.8. The Balaban J connectivity index is 1.44. The summed E-state index contributed by atoms with van der Waals surface area (Å²) in [5, 5.41) is 3.50. The number of benzene rings is 1. The second kappa shape index (κ2) is 7.33. The topological polar surface area (TPSA) is 91.3 Å². The van der Waals surface area contributed by atoms with Crippen molar-refractivity contribution in [3.05, 3.63) is 23.8 Å². The summed E-state index contributed by atoms with van der Waals surface area (Å²) in [5.74, 6) is -0.126. The number of nitrogens with zero attached hydrogens (tertiary/aromatic N) is 3. The van der Waals surface area contributed by atoms with Crippen molar-refractivity contribution in [3.63, 3.8) is 0 Å². The third-order valence-electron chi connectivity index (χ3n) is 5.28. The Morgan fingerprint density at radius 2 is 2.04 bits per heavy atom. The summed E-state index contributed by atoms with van der Waals surface area (Å²) in [6.07, 6.45) is 0. The fraction of sp³-hybridized carbons (Fsp3) is 0.556. The van der Waals surface area contributed by atoms with E-state index < -0.39 is 10.0 Å².